The van der Waals surface area contributed by atoms with Gasteiger partial charge in [-0.25, -0.2) is 0 Å². The Bertz CT molecular complexity index is 515. The third-order valence-corrected chi connectivity index (χ3v) is 3.69. The Morgan fingerprint density at radius 2 is 2.09 bits per heavy atom. The minimum atomic E-state index is -4.52. The van der Waals surface area contributed by atoms with E-state index in [0.717, 1.165) is 6.07 Å². The van der Waals surface area contributed by atoms with Crippen LogP contribution in [-0.4, -0.2) is 31.1 Å². The van der Waals surface area contributed by atoms with Crippen LogP contribution in [0.25, 0.3) is 0 Å². The van der Waals surface area contributed by atoms with E-state index in [-0.39, 0.29) is 30.3 Å². The van der Waals surface area contributed by atoms with Gasteiger partial charge in [0.05, 0.1) is 18.7 Å². The molecule has 0 bridgehead atoms. The fourth-order valence-corrected chi connectivity index (χ4v) is 2.28. The van der Waals surface area contributed by atoms with Gasteiger partial charge in [-0.2, -0.15) is 24.9 Å². The van der Waals surface area contributed by atoms with Crippen molar-refractivity contribution in [2.24, 2.45) is 5.73 Å². The number of thioether (sulfide) groups is 1. The van der Waals surface area contributed by atoms with Crippen molar-refractivity contribution < 1.29 is 22.7 Å². The lowest BCUT2D eigenvalue weighted by Gasteiger charge is -2.16. The van der Waals surface area contributed by atoms with Crippen LogP contribution in [0.4, 0.5) is 13.2 Å². The van der Waals surface area contributed by atoms with Crippen molar-refractivity contribution in [2.45, 2.75) is 25.2 Å². The summed E-state index contributed by atoms with van der Waals surface area (Å²) < 4.78 is 43.9. The van der Waals surface area contributed by atoms with E-state index in [2.05, 4.69) is 5.32 Å². The van der Waals surface area contributed by atoms with Crippen LogP contribution in [-0.2, 0) is 17.5 Å². The Labute approximate surface area is 143 Å². The van der Waals surface area contributed by atoms with Gasteiger partial charge in [0.25, 0.3) is 0 Å². The maximum atomic E-state index is 13.0. The van der Waals surface area contributed by atoms with E-state index in [1.54, 1.807) is 11.8 Å². The molecule has 23 heavy (non-hydrogen) atoms. The van der Waals surface area contributed by atoms with Crippen LogP contribution in [0.5, 0.6) is 5.75 Å². The summed E-state index contributed by atoms with van der Waals surface area (Å²) in [5, 5.41) is 2.44. The largest absolute Gasteiger partial charge is 0.497 e. The zero-order valence-electron chi connectivity index (χ0n) is 12.8. The highest BCUT2D eigenvalue weighted by Crippen LogP contribution is 2.34. The van der Waals surface area contributed by atoms with Crippen LogP contribution < -0.4 is 15.8 Å². The van der Waals surface area contributed by atoms with Crippen LogP contribution >= 0.6 is 24.2 Å². The highest BCUT2D eigenvalue weighted by atomic mass is 35.5. The topological polar surface area (TPSA) is 64.3 Å². The fraction of sp³-hybridized carbons (Fsp3) is 0.500. The zero-order chi connectivity index (χ0) is 16.8. The van der Waals surface area contributed by atoms with Crippen molar-refractivity contribution in [1.82, 2.24) is 5.32 Å². The number of alkyl halides is 3. The maximum Gasteiger partial charge on any atom is 0.416 e. The molecule has 0 unspecified atom stereocenters. The molecule has 0 spiro atoms. The molecule has 4 nitrogen and oxygen atoms in total. The number of hydrogen-bond acceptors (Lipinski definition) is 4. The van der Waals surface area contributed by atoms with Crippen LogP contribution in [0.2, 0.25) is 0 Å². The number of halogens is 4. The first-order valence-corrected chi connectivity index (χ1v) is 7.95. The van der Waals surface area contributed by atoms with E-state index in [9.17, 15) is 18.0 Å². The molecule has 3 N–H and O–H groups in total. The minimum Gasteiger partial charge on any atom is -0.497 e. The molecule has 9 heteroatoms. The predicted octanol–water partition coefficient (Wildman–Crippen LogP) is 2.83. The van der Waals surface area contributed by atoms with Gasteiger partial charge < -0.3 is 15.8 Å². The van der Waals surface area contributed by atoms with Crippen LogP contribution in [0.15, 0.2) is 18.2 Å². The molecule has 0 aliphatic heterocycles. The van der Waals surface area contributed by atoms with Gasteiger partial charge in [-0.1, -0.05) is 6.07 Å². The summed E-state index contributed by atoms with van der Waals surface area (Å²) in [4.78, 5) is 11.8. The number of ether oxygens (including phenoxy) is 1. The number of amides is 1. The predicted molar refractivity (Wildman–Crippen MR) is 88.1 cm³/mol. The number of benzene rings is 1. The zero-order valence-corrected chi connectivity index (χ0v) is 14.4. The number of nitrogens with one attached hydrogen (secondary N) is 1. The number of hydrogen-bond donors (Lipinski definition) is 2. The van der Waals surface area contributed by atoms with E-state index < -0.39 is 23.7 Å². The summed E-state index contributed by atoms with van der Waals surface area (Å²) in [7, 11) is 1.29. The highest BCUT2D eigenvalue weighted by Gasteiger charge is 2.33. The van der Waals surface area contributed by atoms with Gasteiger partial charge >= 0.3 is 6.18 Å². The second-order valence-corrected chi connectivity index (χ2v) is 5.61. The van der Waals surface area contributed by atoms with Crippen LogP contribution in [0.1, 0.15) is 17.5 Å². The first-order valence-electron chi connectivity index (χ1n) is 6.56. The Morgan fingerprint density at radius 1 is 1.43 bits per heavy atom. The smallest absolute Gasteiger partial charge is 0.416 e. The van der Waals surface area contributed by atoms with Crippen molar-refractivity contribution in [3.05, 3.63) is 29.3 Å². The van der Waals surface area contributed by atoms with E-state index in [0.29, 0.717) is 12.2 Å². The van der Waals surface area contributed by atoms with Gasteiger partial charge in [-0.15, -0.1) is 12.4 Å². The van der Waals surface area contributed by atoms with Gasteiger partial charge in [0, 0.05) is 6.54 Å². The van der Waals surface area contributed by atoms with E-state index in [1.807, 2.05) is 6.26 Å². The maximum absolute atomic E-state index is 13.0. The summed E-state index contributed by atoms with van der Waals surface area (Å²) in [6.45, 7) is -0.232. The summed E-state index contributed by atoms with van der Waals surface area (Å²) in [5.74, 6) is 0.363. The molecule has 0 radical (unpaired) electrons. The van der Waals surface area contributed by atoms with Crippen molar-refractivity contribution >= 4 is 30.1 Å². The lowest BCUT2D eigenvalue weighted by molar-refractivity contribution is -0.138. The fourth-order valence-electron chi connectivity index (χ4n) is 1.79. The molecular formula is C14H20ClF3N2O2S. The molecule has 1 aromatic carbocycles. The van der Waals surface area contributed by atoms with Gasteiger partial charge in [-0.05, 0) is 36.1 Å². The Morgan fingerprint density at radius 3 is 2.61 bits per heavy atom. The Balaban J connectivity index is 0.00000484. The highest BCUT2D eigenvalue weighted by molar-refractivity contribution is 7.98. The molecule has 0 heterocycles. The number of nitrogens with two attached hydrogens (primary N) is 1. The quantitative estimate of drug-likeness (QED) is 0.772. The summed E-state index contributed by atoms with van der Waals surface area (Å²) in [6, 6.07) is 2.90. The summed E-state index contributed by atoms with van der Waals surface area (Å²) in [5.41, 5.74) is 4.81. The number of rotatable bonds is 7. The molecule has 0 saturated carbocycles. The summed E-state index contributed by atoms with van der Waals surface area (Å²) in [6.07, 6.45) is -2.16. The molecule has 1 atom stereocenters. The third-order valence-electron chi connectivity index (χ3n) is 3.05. The number of carbonyl (C=O) groups is 1. The first kappa shape index (κ1) is 21.9. The monoisotopic (exact) mass is 372 g/mol. The van der Waals surface area contributed by atoms with E-state index in [4.69, 9.17) is 10.5 Å². The molecule has 0 aromatic heterocycles. The average molecular weight is 373 g/mol. The standard InChI is InChI=1S/C14H19F3N2O2S.ClH/c1-21-10-4-3-9(11(7-10)14(15,16)17)8-19-13(20)12(18)5-6-22-2;/h3-4,7,12H,5-6,8,18H2,1-2H3,(H,19,20);1H/t12-;/m0./s1. The first-order chi connectivity index (χ1) is 10.3. The normalized spacial score (nSPS) is 12.3. The van der Waals surface area contributed by atoms with Crippen molar-refractivity contribution in [1.29, 1.82) is 0 Å². The molecule has 0 saturated heterocycles. The molecule has 1 amide bonds. The van der Waals surface area contributed by atoms with E-state index in [1.165, 1.54) is 19.2 Å². The lowest BCUT2D eigenvalue weighted by Crippen LogP contribution is -2.40. The molecule has 0 aliphatic carbocycles. The van der Waals surface area contributed by atoms with Crippen molar-refractivity contribution in [2.75, 3.05) is 19.1 Å². The average Bonchev–Trinajstić information content (AvgIpc) is 2.49. The van der Waals surface area contributed by atoms with Gasteiger partial charge in [-0.3, -0.25) is 4.79 Å². The summed E-state index contributed by atoms with van der Waals surface area (Å²) >= 11 is 1.55. The molecule has 132 valence electrons. The second kappa shape index (κ2) is 9.89. The van der Waals surface area contributed by atoms with Crippen LogP contribution in [0.3, 0.4) is 0 Å². The molecular weight excluding hydrogens is 353 g/mol. The Kier molecular flexibility index (Phi) is 9.41. The minimum absolute atomic E-state index is 0. The van der Waals surface area contributed by atoms with Crippen LogP contribution in [0, 0.1) is 0 Å². The van der Waals surface area contributed by atoms with Gasteiger partial charge in [0.15, 0.2) is 0 Å². The SMILES string of the molecule is COc1ccc(CNC(=O)[C@@H](N)CCSC)c(C(F)(F)F)c1.Cl. The Hall–Kier alpha value is -1.12. The van der Waals surface area contributed by atoms with Gasteiger partial charge in [0.1, 0.15) is 5.75 Å². The molecule has 1 rings (SSSR count). The van der Waals surface area contributed by atoms with Crippen molar-refractivity contribution in [3.8, 4) is 5.75 Å². The third kappa shape index (κ3) is 6.88. The molecule has 0 fully saturated rings. The van der Waals surface area contributed by atoms with E-state index >= 15 is 0 Å². The second-order valence-electron chi connectivity index (χ2n) is 4.63. The van der Waals surface area contributed by atoms with Gasteiger partial charge in [0.2, 0.25) is 5.91 Å². The molecule has 1 aromatic rings. The number of methoxy groups -OCH3 is 1. The number of carbonyl (C=O) groups excluding carboxylic acids is 1. The lowest BCUT2D eigenvalue weighted by atomic mass is 10.1. The molecule has 0 aliphatic rings. The van der Waals surface area contributed by atoms with Crippen molar-refractivity contribution in [3.63, 3.8) is 0 Å².